The fraction of sp³-hybridized carbons (Fsp3) is 0.400. The lowest BCUT2D eigenvalue weighted by Gasteiger charge is -2.24. The molecule has 2 heterocycles. The lowest BCUT2D eigenvalue weighted by atomic mass is 9.90. The third-order valence-electron chi connectivity index (χ3n) is 5.15. The third-order valence-corrected chi connectivity index (χ3v) is 6.71. The molecular formula is C20H23NO4S. The van der Waals surface area contributed by atoms with Crippen molar-refractivity contribution in [1.29, 1.82) is 0 Å². The Bertz CT molecular complexity index is 945. The van der Waals surface area contributed by atoms with Gasteiger partial charge in [0.15, 0.2) is 0 Å². The molecule has 1 fully saturated rings. The van der Waals surface area contributed by atoms with Crippen LogP contribution in [-0.2, 0) is 10.1 Å². The Hall–Kier alpha value is -2.05. The molecule has 0 aliphatic carbocycles. The summed E-state index contributed by atoms with van der Waals surface area (Å²) in [5.41, 5.74) is 3.55. The van der Waals surface area contributed by atoms with Crippen LogP contribution in [0.3, 0.4) is 0 Å². The Morgan fingerprint density at radius 2 is 1.85 bits per heavy atom. The summed E-state index contributed by atoms with van der Waals surface area (Å²) in [5, 5.41) is 3.33. The highest BCUT2D eigenvalue weighted by Crippen LogP contribution is 2.43. The summed E-state index contributed by atoms with van der Waals surface area (Å²) in [6, 6.07) is 9.07. The molecule has 2 aromatic carbocycles. The van der Waals surface area contributed by atoms with E-state index in [0.29, 0.717) is 17.0 Å². The van der Waals surface area contributed by atoms with Crippen LogP contribution >= 0.6 is 0 Å². The summed E-state index contributed by atoms with van der Waals surface area (Å²) in [6.45, 7) is 7.32. The Morgan fingerprint density at radius 3 is 2.58 bits per heavy atom. The first-order chi connectivity index (χ1) is 12.3. The van der Waals surface area contributed by atoms with Crippen molar-refractivity contribution in [3.8, 4) is 11.5 Å². The van der Waals surface area contributed by atoms with Gasteiger partial charge in [0.25, 0.3) is 0 Å². The molecular weight excluding hydrogens is 350 g/mol. The van der Waals surface area contributed by atoms with E-state index in [-0.39, 0.29) is 16.7 Å². The summed E-state index contributed by atoms with van der Waals surface area (Å²) < 4.78 is 37.1. The van der Waals surface area contributed by atoms with Crippen LogP contribution in [0.1, 0.15) is 34.6 Å². The molecule has 0 amide bonds. The van der Waals surface area contributed by atoms with Gasteiger partial charge in [0.2, 0.25) is 0 Å². The van der Waals surface area contributed by atoms with Crippen LogP contribution in [0.2, 0.25) is 0 Å². The van der Waals surface area contributed by atoms with Gasteiger partial charge in [0.1, 0.15) is 22.5 Å². The molecule has 4 rings (SSSR count). The van der Waals surface area contributed by atoms with Gasteiger partial charge >= 0.3 is 10.1 Å². The second kappa shape index (κ2) is 6.28. The van der Waals surface area contributed by atoms with Gasteiger partial charge < -0.3 is 14.2 Å². The molecule has 2 atom stereocenters. The summed E-state index contributed by atoms with van der Waals surface area (Å²) in [6.07, 6.45) is 1.14. The van der Waals surface area contributed by atoms with E-state index in [2.05, 4.69) is 5.32 Å². The molecule has 6 heteroatoms. The maximum absolute atomic E-state index is 12.8. The Balaban J connectivity index is 1.64. The van der Waals surface area contributed by atoms with Gasteiger partial charge in [0, 0.05) is 24.1 Å². The SMILES string of the molecule is Cc1cc(C)c(S(=O)(=O)Oc2ccc3c(c2)OC2CNCCC32)c(C)c1. The van der Waals surface area contributed by atoms with E-state index in [1.54, 1.807) is 26.0 Å². The molecule has 1 saturated heterocycles. The van der Waals surface area contributed by atoms with E-state index >= 15 is 0 Å². The molecule has 2 aliphatic heterocycles. The molecule has 0 bridgehead atoms. The van der Waals surface area contributed by atoms with Crippen molar-refractivity contribution in [3.63, 3.8) is 0 Å². The summed E-state index contributed by atoms with van der Waals surface area (Å²) in [5.74, 6) is 1.39. The first kappa shape index (κ1) is 17.4. The van der Waals surface area contributed by atoms with E-state index in [1.165, 1.54) is 0 Å². The summed E-state index contributed by atoms with van der Waals surface area (Å²) in [7, 11) is -3.90. The van der Waals surface area contributed by atoms with E-state index in [0.717, 1.165) is 36.4 Å². The number of rotatable bonds is 3. The second-order valence-corrected chi connectivity index (χ2v) is 8.70. The van der Waals surface area contributed by atoms with Crippen LogP contribution in [-0.4, -0.2) is 27.6 Å². The summed E-state index contributed by atoms with van der Waals surface area (Å²) >= 11 is 0. The van der Waals surface area contributed by atoms with Crippen LogP contribution in [0.15, 0.2) is 35.2 Å². The second-order valence-electron chi connectivity index (χ2n) is 7.22. The van der Waals surface area contributed by atoms with Gasteiger partial charge in [-0.05, 0) is 50.9 Å². The van der Waals surface area contributed by atoms with Crippen molar-refractivity contribution in [2.45, 2.75) is 44.1 Å². The molecule has 0 saturated carbocycles. The van der Waals surface area contributed by atoms with E-state index in [9.17, 15) is 8.42 Å². The summed E-state index contributed by atoms with van der Waals surface area (Å²) in [4.78, 5) is 0.238. The number of piperidine rings is 1. The molecule has 2 aromatic rings. The van der Waals surface area contributed by atoms with Gasteiger partial charge in [-0.2, -0.15) is 8.42 Å². The fourth-order valence-electron chi connectivity index (χ4n) is 4.18. The van der Waals surface area contributed by atoms with Crippen LogP contribution in [0.5, 0.6) is 11.5 Å². The number of nitrogens with one attached hydrogen (secondary N) is 1. The first-order valence-corrected chi connectivity index (χ1v) is 10.3. The minimum Gasteiger partial charge on any atom is -0.488 e. The molecule has 5 nitrogen and oxygen atoms in total. The van der Waals surface area contributed by atoms with Crippen molar-refractivity contribution in [2.24, 2.45) is 0 Å². The Labute approximate surface area is 154 Å². The highest BCUT2D eigenvalue weighted by molar-refractivity contribution is 7.87. The normalized spacial score (nSPS) is 21.7. The molecule has 2 aliphatic rings. The maximum atomic E-state index is 12.8. The number of ether oxygens (including phenoxy) is 1. The quantitative estimate of drug-likeness (QED) is 0.837. The number of aryl methyl sites for hydroxylation is 3. The van der Waals surface area contributed by atoms with Crippen LogP contribution in [0.25, 0.3) is 0 Å². The van der Waals surface area contributed by atoms with Crippen LogP contribution in [0.4, 0.5) is 0 Å². The molecule has 0 spiro atoms. The van der Waals surface area contributed by atoms with Crippen molar-refractivity contribution in [2.75, 3.05) is 13.1 Å². The number of hydrogen-bond donors (Lipinski definition) is 1. The van der Waals surface area contributed by atoms with Gasteiger partial charge in [0.05, 0.1) is 0 Å². The fourth-order valence-corrected chi connectivity index (χ4v) is 5.52. The van der Waals surface area contributed by atoms with E-state index in [4.69, 9.17) is 8.92 Å². The lowest BCUT2D eigenvalue weighted by Crippen LogP contribution is -2.39. The van der Waals surface area contributed by atoms with E-state index < -0.39 is 10.1 Å². The van der Waals surface area contributed by atoms with Gasteiger partial charge in [-0.25, -0.2) is 0 Å². The van der Waals surface area contributed by atoms with Gasteiger partial charge in [-0.3, -0.25) is 0 Å². The lowest BCUT2D eigenvalue weighted by molar-refractivity contribution is 0.176. The monoisotopic (exact) mass is 373 g/mol. The van der Waals surface area contributed by atoms with Crippen LogP contribution < -0.4 is 14.2 Å². The predicted molar refractivity (Wildman–Crippen MR) is 99.6 cm³/mol. The average Bonchev–Trinajstić information content (AvgIpc) is 2.90. The molecule has 26 heavy (non-hydrogen) atoms. The van der Waals surface area contributed by atoms with Gasteiger partial charge in [-0.15, -0.1) is 0 Å². The zero-order valence-electron chi connectivity index (χ0n) is 15.2. The van der Waals surface area contributed by atoms with Crippen molar-refractivity contribution < 1.29 is 17.3 Å². The minimum atomic E-state index is -3.90. The minimum absolute atomic E-state index is 0.118. The smallest absolute Gasteiger partial charge is 0.339 e. The highest BCUT2D eigenvalue weighted by atomic mass is 32.2. The number of benzene rings is 2. The molecule has 0 radical (unpaired) electrons. The number of fused-ring (bicyclic) bond motifs is 3. The standard InChI is InChI=1S/C20H23NO4S/c1-12-8-13(2)20(14(3)9-12)26(22,23)25-15-4-5-16-17-6-7-21-11-19(17)24-18(16)10-15/h4-5,8-10,17,19,21H,6-7,11H2,1-3H3. The van der Waals surface area contributed by atoms with Crippen molar-refractivity contribution in [1.82, 2.24) is 5.32 Å². The zero-order chi connectivity index (χ0) is 18.5. The highest BCUT2D eigenvalue weighted by Gasteiger charge is 2.36. The Morgan fingerprint density at radius 1 is 1.12 bits per heavy atom. The zero-order valence-corrected chi connectivity index (χ0v) is 16.0. The Kier molecular flexibility index (Phi) is 4.20. The number of hydrogen-bond acceptors (Lipinski definition) is 5. The molecule has 138 valence electrons. The van der Waals surface area contributed by atoms with E-state index in [1.807, 2.05) is 25.1 Å². The molecule has 2 unspecified atom stereocenters. The first-order valence-electron chi connectivity index (χ1n) is 8.89. The van der Waals surface area contributed by atoms with Crippen molar-refractivity contribution >= 4 is 10.1 Å². The molecule has 1 N–H and O–H groups in total. The molecule has 0 aromatic heterocycles. The average molecular weight is 373 g/mol. The largest absolute Gasteiger partial charge is 0.488 e. The maximum Gasteiger partial charge on any atom is 0.339 e. The van der Waals surface area contributed by atoms with Gasteiger partial charge in [-0.1, -0.05) is 23.8 Å². The topological polar surface area (TPSA) is 64.6 Å². The van der Waals surface area contributed by atoms with Crippen LogP contribution in [0, 0.1) is 20.8 Å². The van der Waals surface area contributed by atoms with Crippen molar-refractivity contribution in [3.05, 3.63) is 52.6 Å². The third kappa shape index (κ3) is 2.97. The predicted octanol–water partition coefficient (Wildman–Crippen LogP) is 3.22.